The van der Waals surface area contributed by atoms with Gasteiger partial charge in [0.25, 0.3) is 0 Å². The molecule has 0 amide bonds. The lowest BCUT2D eigenvalue weighted by molar-refractivity contribution is -0.402. The summed E-state index contributed by atoms with van der Waals surface area (Å²) in [5, 5.41) is 0. The van der Waals surface area contributed by atoms with Crippen molar-refractivity contribution < 1.29 is 4.58 Å². The average molecular weight is 305 g/mol. The van der Waals surface area contributed by atoms with Gasteiger partial charge < -0.3 is 4.90 Å². The second-order valence-corrected chi connectivity index (χ2v) is 6.88. The third-order valence-electron chi connectivity index (χ3n) is 4.69. The number of nitrogens with zero attached hydrogens (tertiary/aromatic N) is 2. The highest BCUT2D eigenvalue weighted by atomic mass is 15.1. The van der Waals surface area contributed by atoms with Gasteiger partial charge in [-0.05, 0) is 25.5 Å². The Morgan fingerprint density at radius 1 is 0.957 bits per heavy atom. The number of rotatable bonds is 3. The molecule has 0 saturated heterocycles. The van der Waals surface area contributed by atoms with Crippen LogP contribution in [0.15, 0.2) is 60.3 Å². The Morgan fingerprint density at radius 3 is 2.17 bits per heavy atom. The third-order valence-corrected chi connectivity index (χ3v) is 4.69. The van der Waals surface area contributed by atoms with Crippen LogP contribution in [0.4, 0.5) is 5.69 Å². The Labute approximate surface area is 139 Å². The molecule has 23 heavy (non-hydrogen) atoms. The van der Waals surface area contributed by atoms with Crippen LogP contribution in [-0.2, 0) is 5.41 Å². The topological polar surface area (TPSA) is 6.25 Å². The maximum absolute atomic E-state index is 2.34. The normalized spacial score (nSPS) is 16.5. The van der Waals surface area contributed by atoms with Gasteiger partial charge in [-0.1, -0.05) is 48.5 Å². The summed E-state index contributed by atoms with van der Waals surface area (Å²) in [4.78, 5) is 2.21. The van der Waals surface area contributed by atoms with Crippen LogP contribution in [0.5, 0.6) is 0 Å². The molecule has 118 valence electrons. The van der Waals surface area contributed by atoms with Crippen molar-refractivity contribution >= 4 is 17.5 Å². The van der Waals surface area contributed by atoms with Crippen LogP contribution in [0.25, 0.3) is 6.08 Å². The largest absolute Gasteiger partial charge is 0.373 e. The fourth-order valence-electron chi connectivity index (χ4n) is 3.57. The van der Waals surface area contributed by atoms with Crippen molar-refractivity contribution in [2.24, 2.45) is 0 Å². The lowest BCUT2D eigenvalue weighted by Gasteiger charge is -2.24. The summed E-state index contributed by atoms with van der Waals surface area (Å²) in [5.74, 6) is 0. The van der Waals surface area contributed by atoms with Gasteiger partial charge in [0.2, 0.25) is 11.4 Å². The Balaban J connectivity index is 2.19. The summed E-state index contributed by atoms with van der Waals surface area (Å²) in [6.45, 7) is 4.62. The van der Waals surface area contributed by atoms with Crippen molar-refractivity contribution in [3.8, 4) is 0 Å². The molecule has 1 aliphatic rings. The summed E-state index contributed by atoms with van der Waals surface area (Å²) in [5.41, 5.74) is 6.49. The summed E-state index contributed by atoms with van der Waals surface area (Å²) in [6.07, 6.45) is 2.28. The van der Waals surface area contributed by atoms with Gasteiger partial charge >= 0.3 is 0 Å². The number of fused-ring (bicyclic) bond motifs is 1. The van der Waals surface area contributed by atoms with Crippen molar-refractivity contribution in [1.82, 2.24) is 4.90 Å². The van der Waals surface area contributed by atoms with Gasteiger partial charge in [-0.3, -0.25) is 0 Å². The first kappa shape index (κ1) is 15.5. The zero-order valence-electron chi connectivity index (χ0n) is 14.7. The van der Waals surface area contributed by atoms with Gasteiger partial charge in [0, 0.05) is 25.7 Å². The molecule has 0 atom stereocenters. The minimum atomic E-state index is -0.0176. The second kappa shape index (κ2) is 5.69. The molecular formula is C21H25N2+. The molecule has 0 fully saturated rings. The van der Waals surface area contributed by atoms with Gasteiger partial charge in [-0.2, -0.15) is 4.58 Å². The minimum absolute atomic E-state index is 0.0176. The Bertz CT molecular complexity index is 780. The van der Waals surface area contributed by atoms with E-state index in [0.29, 0.717) is 0 Å². The maximum atomic E-state index is 2.34. The summed E-state index contributed by atoms with van der Waals surface area (Å²) in [7, 11) is 6.41. The van der Waals surface area contributed by atoms with Crippen LogP contribution < -0.4 is 0 Å². The van der Waals surface area contributed by atoms with Crippen molar-refractivity contribution in [1.29, 1.82) is 0 Å². The van der Waals surface area contributed by atoms with Gasteiger partial charge in [0.15, 0.2) is 0 Å². The van der Waals surface area contributed by atoms with Gasteiger partial charge in [0.1, 0.15) is 12.7 Å². The molecule has 2 heteroatoms. The molecule has 0 saturated carbocycles. The number of para-hydroxylation sites is 1. The first-order valence-electron chi connectivity index (χ1n) is 8.08. The Morgan fingerprint density at radius 2 is 1.57 bits per heavy atom. The zero-order valence-corrected chi connectivity index (χ0v) is 14.7. The molecule has 2 aromatic carbocycles. The third kappa shape index (κ3) is 2.59. The molecule has 0 N–H and O–H groups in total. The van der Waals surface area contributed by atoms with Crippen molar-refractivity contribution in [3.63, 3.8) is 0 Å². The summed E-state index contributed by atoms with van der Waals surface area (Å²) >= 11 is 0. The van der Waals surface area contributed by atoms with Crippen LogP contribution in [0.2, 0.25) is 0 Å². The van der Waals surface area contributed by atoms with Crippen LogP contribution in [0, 0.1) is 0 Å². The van der Waals surface area contributed by atoms with Gasteiger partial charge in [0.05, 0.1) is 5.41 Å². The molecule has 1 aliphatic heterocycles. The summed E-state index contributed by atoms with van der Waals surface area (Å²) < 4.78 is 2.34. The SMILES string of the molecule is CN(C)C(=Cc1ccccc1)C1=[N+](C)c2ccccc2C1(C)C. The first-order chi connectivity index (χ1) is 10.9. The van der Waals surface area contributed by atoms with Crippen LogP contribution in [0.1, 0.15) is 25.0 Å². The average Bonchev–Trinajstić information content (AvgIpc) is 2.73. The Hall–Kier alpha value is -2.35. The zero-order chi connectivity index (χ0) is 16.6. The van der Waals surface area contributed by atoms with Crippen LogP contribution in [0.3, 0.4) is 0 Å². The highest BCUT2D eigenvalue weighted by Gasteiger charge is 2.46. The number of hydrogen-bond donors (Lipinski definition) is 0. The van der Waals surface area contributed by atoms with Gasteiger partial charge in [-0.15, -0.1) is 0 Å². The quantitative estimate of drug-likeness (QED) is 0.767. The molecule has 0 radical (unpaired) electrons. The molecular weight excluding hydrogens is 280 g/mol. The van der Waals surface area contributed by atoms with Crippen molar-refractivity contribution in [3.05, 3.63) is 71.4 Å². The molecule has 2 aromatic rings. The highest BCUT2D eigenvalue weighted by molar-refractivity contribution is 6.09. The standard InChI is InChI=1S/C21H25N2/c1-21(2)17-13-9-10-14-18(17)23(5)20(21)19(22(3)4)15-16-11-7-6-8-12-16/h6-15H,1-5H3/q+1. The van der Waals surface area contributed by atoms with E-state index in [1.54, 1.807) is 0 Å². The molecule has 0 bridgehead atoms. The fraction of sp³-hybridized carbons (Fsp3) is 0.286. The minimum Gasteiger partial charge on any atom is -0.373 e. The van der Waals surface area contributed by atoms with E-state index < -0.39 is 0 Å². The number of benzene rings is 2. The van der Waals surface area contributed by atoms with E-state index in [1.807, 2.05) is 0 Å². The summed E-state index contributed by atoms with van der Waals surface area (Å²) in [6, 6.07) is 19.2. The number of allylic oxidation sites excluding steroid dienone is 1. The molecule has 2 nitrogen and oxygen atoms in total. The maximum Gasteiger partial charge on any atom is 0.215 e. The van der Waals surface area contributed by atoms with E-state index in [-0.39, 0.29) is 5.41 Å². The molecule has 0 aliphatic carbocycles. The van der Waals surface area contributed by atoms with Crippen molar-refractivity contribution in [2.45, 2.75) is 19.3 Å². The second-order valence-electron chi connectivity index (χ2n) is 6.88. The molecule has 1 heterocycles. The molecule has 3 rings (SSSR count). The molecule has 0 aromatic heterocycles. The Kier molecular flexibility index (Phi) is 3.85. The fourth-order valence-corrected chi connectivity index (χ4v) is 3.57. The van der Waals surface area contributed by atoms with E-state index >= 15 is 0 Å². The van der Waals surface area contributed by atoms with Crippen LogP contribution in [-0.4, -0.2) is 36.3 Å². The predicted octanol–water partition coefficient (Wildman–Crippen LogP) is 4.30. The lowest BCUT2D eigenvalue weighted by Crippen LogP contribution is -2.35. The van der Waals surface area contributed by atoms with E-state index in [0.717, 1.165) is 0 Å². The first-order valence-corrected chi connectivity index (χ1v) is 8.08. The van der Waals surface area contributed by atoms with Gasteiger partial charge in [-0.25, -0.2) is 0 Å². The van der Waals surface area contributed by atoms with Crippen LogP contribution >= 0.6 is 0 Å². The van der Waals surface area contributed by atoms with Crippen molar-refractivity contribution in [2.75, 3.05) is 21.1 Å². The molecule has 0 unspecified atom stereocenters. The van der Waals surface area contributed by atoms with E-state index in [4.69, 9.17) is 0 Å². The predicted molar refractivity (Wildman–Crippen MR) is 98.4 cm³/mol. The smallest absolute Gasteiger partial charge is 0.215 e. The van der Waals surface area contributed by atoms with E-state index in [9.17, 15) is 0 Å². The van der Waals surface area contributed by atoms with E-state index in [1.165, 1.54) is 28.2 Å². The molecule has 0 spiro atoms. The lowest BCUT2D eigenvalue weighted by atomic mass is 9.80. The highest BCUT2D eigenvalue weighted by Crippen LogP contribution is 2.41. The number of hydrogen-bond acceptors (Lipinski definition) is 1. The van der Waals surface area contributed by atoms with E-state index in [2.05, 4.69) is 105 Å². The monoisotopic (exact) mass is 305 g/mol.